The molecule has 3 aromatic rings. The molecule has 0 N–H and O–H groups in total. The van der Waals surface area contributed by atoms with Gasteiger partial charge >= 0.3 is 0 Å². The van der Waals surface area contributed by atoms with Crippen molar-refractivity contribution in [2.75, 3.05) is 5.75 Å². The number of para-hydroxylation sites is 1. The van der Waals surface area contributed by atoms with Gasteiger partial charge in [0.15, 0.2) is 9.84 Å². The highest BCUT2D eigenvalue weighted by atomic mass is 32.2. The predicted octanol–water partition coefficient (Wildman–Crippen LogP) is 4.23. The molecule has 1 aliphatic heterocycles. The fraction of sp³-hybridized carbons (Fsp3) is 0.294. The van der Waals surface area contributed by atoms with Gasteiger partial charge in [-0.15, -0.1) is 0 Å². The van der Waals surface area contributed by atoms with Crippen LogP contribution >= 0.6 is 0 Å². The summed E-state index contributed by atoms with van der Waals surface area (Å²) in [4.78, 5) is 0. The third-order valence-electron chi connectivity index (χ3n) is 4.35. The number of benzene rings is 2. The van der Waals surface area contributed by atoms with Gasteiger partial charge in [0.2, 0.25) is 0 Å². The van der Waals surface area contributed by atoms with Gasteiger partial charge in [-0.25, -0.2) is 8.42 Å². The van der Waals surface area contributed by atoms with Crippen LogP contribution in [0.25, 0.3) is 21.9 Å². The lowest BCUT2D eigenvalue weighted by atomic mass is 10.0. The lowest BCUT2D eigenvalue weighted by molar-refractivity contribution is 0.546. The molecule has 2 heterocycles. The van der Waals surface area contributed by atoms with Crippen molar-refractivity contribution in [3.63, 3.8) is 0 Å². The Bertz CT molecular complexity index is 922. The topological polar surface area (TPSA) is 47.3 Å². The Morgan fingerprint density at radius 2 is 1.76 bits per heavy atom. The van der Waals surface area contributed by atoms with Gasteiger partial charge in [0.05, 0.1) is 11.0 Å². The van der Waals surface area contributed by atoms with Crippen molar-refractivity contribution < 1.29 is 12.8 Å². The molecular formula is C17H16O3S. The molecule has 0 spiro atoms. The van der Waals surface area contributed by atoms with Gasteiger partial charge in [0.1, 0.15) is 11.2 Å². The molecule has 1 atom stereocenters. The molecule has 0 saturated carbocycles. The zero-order valence-electron chi connectivity index (χ0n) is 11.6. The molecule has 1 unspecified atom stereocenters. The summed E-state index contributed by atoms with van der Waals surface area (Å²) in [6.45, 7) is 0. The molecule has 0 radical (unpaired) electrons. The highest BCUT2D eigenvalue weighted by molar-refractivity contribution is 7.91. The summed E-state index contributed by atoms with van der Waals surface area (Å²) in [6, 6.07) is 13.7. The van der Waals surface area contributed by atoms with E-state index in [1.165, 1.54) is 0 Å². The van der Waals surface area contributed by atoms with E-state index in [1.807, 2.05) is 42.5 Å². The first-order valence-electron chi connectivity index (χ1n) is 7.28. The summed E-state index contributed by atoms with van der Waals surface area (Å²) >= 11 is 0. The molecular weight excluding hydrogens is 284 g/mol. The van der Waals surface area contributed by atoms with Gasteiger partial charge in [-0.3, -0.25) is 0 Å². The summed E-state index contributed by atoms with van der Waals surface area (Å²) in [5.74, 6) is 0.307. The Morgan fingerprint density at radius 3 is 2.62 bits per heavy atom. The Labute approximate surface area is 123 Å². The molecule has 0 bridgehead atoms. The van der Waals surface area contributed by atoms with Gasteiger partial charge < -0.3 is 4.42 Å². The number of furan rings is 1. The van der Waals surface area contributed by atoms with Gasteiger partial charge in [0.25, 0.3) is 0 Å². The fourth-order valence-electron chi connectivity index (χ4n) is 3.27. The Morgan fingerprint density at radius 1 is 0.952 bits per heavy atom. The second-order valence-electron chi connectivity index (χ2n) is 5.71. The zero-order chi connectivity index (χ0) is 14.4. The number of rotatable bonds is 1. The van der Waals surface area contributed by atoms with Crippen molar-refractivity contribution >= 4 is 31.8 Å². The lowest BCUT2D eigenvalue weighted by Gasteiger charge is -2.22. The maximum absolute atomic E-state index is 12.3. The van der Waals surface area contributed by atoms with Crippen LogP contribution in [0, 0.1) is 0 Å². The third kappa shape index (κ3) is 2.05. The highest BCUT2D eigenvalue weighted by Gasteiger charge is 2.30. The Hall–Kier alpha value is -1.81. The largest absolute Gasteiger partial charge is 0.456 e. The number of hydrogen-bond acceptors (Lipinski definition) is 3. The minimum absolute atomic E-state index is 0.307. The lowest BCUT2D eigenvalue weighted by Crippen LogP contribution is -2.21. The van der Waals surface area contributed by atoms with Crippen molar-refractivity contribution in [1.29, 1.82) is 0 Å². The van der Waals surface area contributed by atoms with E-state index in [0.717, 1.165) is 46.8 Å². The van der Waals surface area contributed by atoms with Crippen molar-refractivity contribution in [2.24, 2.45) is 0 Å². The average molecular weight is 300 g/mol. The summed E-state index contributed by atoms with van der Waals surface area (Å²) in [5.41, 5.74) is 2.55. The first-order valence-corrected chi connectivity index (χ1v) is 8.99. The summed E-state index contributed by atoms with van der Waals surface area (Å²) in [6.07, 6.45) is 2.49. The van der Waals surface area contributed by atoms with Crippen LogP contribution < -0.4 is 0 Å². The minimum Gasteiger partial charge on any atom is -0.456 e. The number of fused-ring (bicyclic) bond motifs is 3. The van der Waals surface area contributed by atoms with Gasteiger partial charge in [-0.2, -0.15) is 0 Å². The van der Waals surface area contributed by atoms with E-state index in [4.69, 9.17) is 4.42 Å². The molecule has 108 valence electrons. The molecule has 0 amide bonds. The SMILES string of the molecule is O=S1(=O)CCCCC1c1ccc2oc3ccccc3c2c1. The number of hydrogen-bond donors (Lipinski definition) is 0. The third-order valence-corrected chi connectivity index (χ3v) is 6.58. The second kappa shape index (κ2) is 4.60. The van der Waals surface area contributed by atoms with Crippen molar-refractivity contribution in [1.82, 2.24) is 0 Å². The molecule has 2 aromatic carbocycles. The molecule has 1 aliphatic rings. The first-order chi connectivity index (χ1) is 10.1. The Balaban J connectivity index is 1.92. The molecule has 1 aromatic heterocycles. The van der Waals surface area contributed by atoms with Crippen LogP contribution in [-0.4, -0.2) is 14.2 Å². The first kappa shape index (κ1) is 12.9. The Kier molecular flexibility index (Phi) is 2.82. The van der Waals surface area contributed by atoms with Crippen molar-refractivity contribution in [3.8, 4) is 0 Å². The number of sulfone groups is 1. The van der Waals surface area contributed by atoms with Gasteiger partial charge in [-0.05, 0) is 36.6 Å². The summed E-state index contributed by atoms with van der Waals surface area (Å²) in [5, 5.41) is 1.69. The van der Waals surface area contributed by atoms with E-state index >= 15 is 0 Å². The molecule has 4 rings (SSSR count). The van der Waals surface area contributed by atoms with Gasteiger partial charge in [-0.1, -0.05) is 30.7 Å². The average Bonchev–Trinajstić information content (AvgIpc) is 2.84. The maximum atomic E-state index is 12.3. The van der Waals surface area contributed by atoms with Crippen LogP contribution in [0.4, 0.5) is 0 Å². The van der Waals surface area contributed by atoms with Crippen LogP contribution in [0.5, 0.6) is 0 Å². The van der Waals surface area contributed by atoms with E-state index in [9.17, 15) is 8.42 Å². The van der Waals surface area contributed by atoms with Crippen molar-refractivity contribution in [3.05, 3.63) is 48.0 Å². The van der Waals surface area contributed by atoms with Crippen LogP contribution in [0.15, 0.2) is 46.9 Å². The summed E-state index contributed by atoms with van der Waals surface area (Å²) in [7, 11) is -3.01. The summed E-state index contributed by atoms with van der Waals surface area (Å²) < 4.78 is 30.4. The molecule has 3 nitrogen and oxygen atoms in total. The smallest absolute Gasteiger partial charge is 0.157 e. The quantitative estimate of drug-likeness (QED) is 0.676. The molecule has 1 saturated heterocycles. The van der Waals surface area contributed by atoms with E-state index in [1.54, 1.807) is 0 Å². The minimum atomic E-state index is -3.01. The van der Waals surface area contributed by atoms with E-state index in [0.29, 0.717) is 5.75 Å². The van der Waals surface area contributed by atoms with E-state index in [-0.39, 0.29) is 5.25 Å². The monoisotopic (exact) mass is 300 g/mol. The second-order valence-corrected chi connectivity index (χ2v) is 8.01. The maximum Gasteiger partial charge on any atom is 0.157 e. The predicted molar refractivity (Wildman–Crippen MR) is 84.1 cm³/mol. The van der Waals surface area contributed by atoms with Crippen LogP contribution in [0.3, 0.4) is 0 Å². The molecule has 4 heteroatoms. The van der Waals surface area contributed by atoms with E-state index < -0.39 is 9.84 Å². The van der Waals surface area contributed by atoms with Crippen LogP contribution in [0.1, 0.15) is 30.1 Å². The highest BCUT2D eigenvalue weighted by Crippen LogP contribution is 2.37. The van der Waals surface area contributed by atoms with E-state index in [2.05, 4.69) is 0 Å². The van der Waals surface area contributed by atoms with Crippen molar-refractivity contribution in [2.45, 2.75) is 24.5 Å². The van der Waals surface area contributed by atoms with Crippen LogP contribution in [0.2, 0.25) is 0 Å². The molecule has 21 heavy (non-hydrogen) atoms. The molecule has 1 fully saturated rings. The normalized spacial score (nSPS) is 21.8. The van der Waals surface area contributed by atoms with Crippen LogP contribution in [-0.2, 0) is 9.84 Å². The fourth-order valence-corrected chi connectivity index (χ4v) is 5.25. The molecule has 0 aliphatic carbocycles. The van der Waals surface area contributed by atoms with Gasteiger partial charge in [0, 0.05) is 10.8 Å². The standard InChI is InChI=1S/C17H16O3S/c18-21(19)10-4-3-7-17(21)12-8-9-16-14(11-12)13-5-1-2-6-15(13)20-16/h1-2,5-6,8-9,11,17H,3-4,7,10H2. The zero-order valence-corrected chi connectivity index (χ0v) is 12.4.